The third-order valence-corrected chi connectivity index (χ3v) is 5.93. The van der Waals surface area contributed by atoms with Gasteiger partial charge >= 0.3 is 0 Å². The van der Waals surface area contributed by atoms with Gasteiger partial charge in [-0.15, -0.1) is 0 Å². The van der Waals surface area contributed by atoms with Crippen LogP contribution in [0.3, 0.4) is 0 Å². The second-order valence-corrected chi connectivity index (χ2v) is 7.76. The van der Waals surface area contributed by atoms with E-state index < -0.39 is 11.6 Å². The molecular weight excluding hydrogens is 386 g/mol. The first-order valence-electron chi connectivity index (χ1n) is 9.93. The van der Waals surface area contributed by atoms with Crippen LogP contribution >= 0.6 is 0 Å². The van der Waals surface area contributed by atoms with E-state index in [1.54, 1.807) is 12.4 Å². The summed E-state index contributed by atoms with van der Waals surface area (Å²) in [5.41, 5.74) is 2.27. The summed E-state index contributed by atoms with van der Waals surface area (Å²) in [7, 11) is 0. The molecule has 0 amide bonds. The molecule has 0 saturated carbocycles. The van der Waals surface area contributed by atoms with E-state index in [0.29, 0.717) is 29.1 Å². The van der Waals surface area contributed by atoms with E-state index >= 15 is 0 Å². The van der Waals surface area contributed by atoms with Crippen molar-refractivity contribution in [2.45, 2.75) is 18.5 Å². The highest BCUT2D eigenvalue weighted by Crippen LogP contribution is 2.33. The van der Waals surface area contributed by atoms with Crippen molar-refractivity contribution in [2.75, 3.05) is 18.0 Å². The van der Waals surface area contributed by atoms with E-state index in [9.17, 15) is 8.78 Å². The molecule has 0 spiro atoms. The Labute approximate surface area is 171 Å². The molecule has 1 N–H and O–H groups in total. The molecule has 6 nitrogen and oxygen atoms in total. The molecule has 6 rings (SSSR count). The van der Waals surface area contributed by atoms with Crippen molar-refractivity contribution in [3.05, 3.63) is 66.5 Å². The van der Waals surface area contributed by atoms with Crippen LogP contribution in [0.1, 0.15) is 6.42 Å². The van der Waals surface area contributed by atoms with E-state index in [4.69, 9.17) is 4.98 Å². The summed E-state index contributed by atoms with van der Waals surface area (Å²) < 4.78 is 29.9. The van der Waals surface area contributed by atoms with Crippen molar-refractivity contribution in [3.8, 4) is 17.1 Å². The highest BCUT2D eigenvalue weighted by Gasteiger charge is 2.38. The number of pyridine rings is 2. The number of fused-ring (bicyclic) bond motifs is 3. The molecule has 2 aliphatic rings. The molecule has 150 valence electrons. The van der Waals surface area contributed by atoms with Gasteiger partial charge in [0.05, 0.1) is 11.3 Å². The first-order chi connectivity index (χ1) is 14.7. The number of hydrogen-bond donors (Lipinski definition) is 1. The van der Waals surface area contributed by atoms with E-state index in [0.717, 1.165) is 37.1 Å². The Morgan fingerprint density at radius 3 is 2.60 bits per heavy atom. The molecule has 4 aromatic rings. The lowest BCUT2D eigenvalue weighted by atomic mass is 10.2. The number of benzene rings is 1. The number of aromatic nitrogens is 4. The molecule has 2 unspecified atom stereocenters. The second-order valence-electron chi connectivity index (χ2n) is 7.76. The van der Waals surface area contributed by atoms with Crippen LogP contribution in [0.2, 0.25) is 0 Å². The number of nitrogens with one attached hydrogen (secondary N) is 1. The molecular formula is C22H18F2N6. The number of hydrogen-bond acceptors (Lipinski definition) is 5. The minimum absolute atomic E-state index is 0.220. The van der Waals surface area contributed by atoms with Crippen LogP contribution in [0, 0.1) is 11.6 Å². The Morgan fingerprint density at radius 2 is 1.87 bits per heavy atom. The minimum Gasteiger partial charge on any atom is -0.351 e. The number of halogens is 2. The van der Waals surface area contributed by atoms with E-state index in [-0.39, 0.29) is 5.56 Å². The Kier molecular flexibility index (Phi) is 3.82. The summed E-state index contributed by atoms with van der Waals surface area (Å²) >= 11 is 0. The zero-order chi connectivity index (χ0) is 20.2. The van der Waals surface area contributed by atoms with E-state index in [2.05, 4.69) is 20.2 Å². The lowest BCUT2D eigenvalue weighted by Crippen LogP contribution is -2.44. The van der Waals surface area contributed by atoms with Gasteiger partial charge in [0.25, 0.3) is 0 Å². The second kappa shape index (κ2) is 6.56. The molecule has 2 fully saturated rings. The van der Waals surface area contributed by atoms with Gasteiger partial charge in [-0.05, 0) is 42.8 Å². The first-order valence-corrected chi connectivity index (χ1v) is 9.93. The van der Waals surface area contributed by atoms with Gasteiger partial charge in [-0.1, -0.05) is 0 Å². The zero-order valence-electron chi connectivity index (χ0n) is 16.0. The van der Waals surface area contributed by atoms with Gasteiger partial charge in [-0.25, -0.2) is 18.7 Å². The molecule has 3 aromatic heterocycles. The third kappa shape index (κ3) is 2.68. The molecule has 0 radical (unpaired) electrons. The molecule has 2 saturated heterocycles. The zero-order valence-corrected chi connectivity index (χ0v) is 16.0. The molecule has 2 atom stereocenters. The molecule has 5 heterocycles. The van der Waals surface area contributed by atoms with Gasteiger partial charge in [0.1, 0.15) is 28.8 Å². The lowest BCUT2D eigenvalue weighted by Gasteiger charge is -2.28. The number of anilines is 1. The summed E-state index contributed by atoms with van der Waals surface area (Å²) in [5, 5.41) is 3.50. The lowest BCUT2D eigenvalue weighted by molar-refractivity contribution is 0.577. The smallest absolute Gasteiger partial charge is 0.167 e. The molecule has 1 aromatic carbocycles. The van der Waals surface area contributed by atoms with Crippen LogP contribution in [0.5, 0.6) is 0 Å². The highest BCUT2D eigenvalue weighted by atomic mass is 19.1. The van der Waals surface area contributed by atoms with Crippen molar-refractivity contribution in [2.24, 2.45) is 0 Å². The van der Waals surface area contributed by atoms with Crippen LogP contribution < -0.4 is 10.2 Å². The van der Waals surface area contributed by atoms with Crippen LogP contribution in [-0.2, 0) is 0 Å². The van der Waals surface area contributed by atoms with Gasteiger partial charge < -0.3 is 10.2 Å². The SMILES string of the molecule is Fc1ccc(-c2nc3ccc(N4CC5CC4CN5)nc3n2-c2ccncc2)c(F)c1. The fourth-order valence-electron chi connectivity index (χ4n) is 4.54. The minimum atomic E-state index is -0.663. The number of imidazole rings is 1. The van der Waals surface area contributed by atoms with Crippen LogP contribution in [-0.4, -0.2) is 44.7 Å². The Morgan fingerprint density at radius 1 is 1.00 bits per heavy atom. The average molecular weight is 404 g/mol. The third-order valence-electron chi connectivity index (χ3n) is 5.93. The number of rotatable bonds is 3. The van der Waals surface area contributed by atoms with E-state index in [1.165, 1.54) is 12.1 Å². The predicted molar refractivity (Wildman–Crippen MR) is 110 cm³/mol. The monoisotopic (exact) mass is 404 g/mol. The Bertz CT molecular complexity index is 1260. The van der Waals surface area contributed by atoms with Gasteiger partial charge in [0.2, 0.25) is 0 Å². The number of nitrogens with zero attached hydrogens (tertiary/aromatic N) is 5. The predicted octanol–water partition coefficient (Wildman–Crippen LogP) is 3.31. The Balaban J connectivity index is 1.57. The first kappa shape index (κ1) is 17.5. The van der Waals surface area contributed by atoms with Crippen molar-refractivity contribution in [3.63, 3.8) is 0 Å². The normalized spacial score (nSPS) is 20.4. The highest BCUT2D eigenvalue weighted by molar-refractivity contribution is 5.81. The van der Waals surface area contributed by atoms with Gasteiger partial charge in [0, 0.05) is 43.6 Å². The van der Waals surface area contributed by atoms with Crippen molar-refractivity contribution < 1.29 is 8.78 Å². The van der Waals surface area contributed by atoms with Crippen LogP contribution in [0.15, 0.2) is 54.9 Å². The Hall–Kier alpha value is -3.39. The average Bonchev–Trinajstić information content (AvgIpc) is 3.48. The molecule has 2 aliphatic heterocycles. The van der Waals surface area contributed by atoms with Crippen molar-refractivity contribution >= 4 is 17.0 Å². The summed E-state index contributed by atoms with van der Waals surface area (Å²) in [4.78, 5) is 16.0. The summed E-state index contributed by atoms with van der Waals surface area (Å²) in [6.45, 7) is 1.88. The number of piperazine rings is 1. The van der Waals surface area contributed by atoms with Gasteiger partial charge in [0.15, 0.2) is 5.65 Å². The summed E-state index contributed by atoms with van der Waals surface area (Å²) in [5.74, 6) is -0.0227. The van der Waals surface area contributed by atoms with Gasteiger partial charge in [-0.3, -0.25) is 9.55 Å². The largest absolute Gasteiger partial charge is 0.351 e. The molecule has 2 bridgehead atoms. The maximum absolute atomic E-state index is 14.6. The summed E-state index contributed by atoms with van der Waals surface area (Å²) in [6, 6.07) is 12.0. The topological polar surface area (TPSA) is 58.9 Å². The maximum Gasteiger partial charge on any atom is 0.167 e. The molecule has 30 heavy (non-hydrogen) atoms. The van der Waals surface area contributed by atoms with Crippen molar-refractivity contribution in [1.29, 1.82) is 0 Å². The fourth-order valence-corrected chi connectivity index (χ4v) is 4.54. The fraction of sp³-hybridized carbons (Fsp3) is 0.227. The van der Waals surface area contributed by atoms with Crippen LogP contribution in [0.25, 0.3) is 28.2 Å². The molecule has 8 heteroatoms. The maximum atomic E-state index is 14.6. The molecule has 0 aliphatic carbocycles. The standard InChI is InChI=1S/C22H18F2N6/c23-13-1-2-17(18(24)9-13)21-27-19-3-4-20(29-12-14-10-16(29)11-26-14)28-22(19)30(21)15-5-7-25-8-6-15/h1-9,14,16,26H,10-12H2. The summed E-state index contributed by atoms with van der Waals surface area (Å²) in [6.07, 6.45) is 4.46. The van der Waals surface area contributed by atoms with E-state index in [1.807, 2.05) is 28.8 Å². The van der Waals surface area contributed by atoms with Crippen LogP contribution in [0.4, 0.5) is 14.6 Å². The van der Waals surface area contributed by atoms with Gasteiger partial charge in [-0.2, -0.15) is 0 Å². The quantitative estimate of drug-likeness (QED) is 0.568. The van der Waals surface area contributed by atoms with Crippen molar-refractivity contribution in [1.82, 2.24) is 24.8 Å².